The molecule has 0 unspecified atom stereocenters. The molecule has 0 aromatic rings. The van der Waals surface area contributed by atoms with Crippen molar-refractivity contribution in [3.8, 4) is 0 Å². The van der Waals surface area contributed by atoms with Crippen LogP contribution in [0.15, 0.2) is 23.3 Å². The lowest BCUT2D eigenvalue weighted by Gasteiger charge is -2.22. The van der Waals surface area contributed by atoms with Gasteiger partial charge in [0.15, 0.2) is 0 Å². The first-order valence-electron chi connectivity index (χ1n) is 4.74. The van der Waals surface area contributed by atoms with Gasteiger partial charge in [-0.3, -0.25) is 0 Å². The number of hydrogen-bond donors (Lipinski definition) is 0. The number of fused-ring (bicyclic) bond motifs is 2. The summed E-state index contributed by atoms with van der Waals surface area (Å²) in [4.78, 5) is 0. The van der Waals surface area contributed by atoms with Gasteiger partial charge in [0.05, 0.1) is 0 Å². The lowest BCUT2D eigenvalue weighted by molar-refractivity contribution is -0.101. The molecule has 0 radical (unpaired) electrons. The highest BCUT2D eigenvalue weighted by atomic mass is 19.4. The molecule has 0 aliphatic heterocycles. The molecule has 2 rings (SSSR count). The van der Waals surface area contributed by atoms with E-state index in [4.69, 9.17) is 0 Å². The maximum atomic E-state index is 12.4. The van der Waals surface area contributed by atoms with Crippen LogP contribution in [0.5, 0.6) is 0 Å². The fourth-order valence-corrected chi connectivity index (χ4v) is 2.31. The van der Waals surface area contributed by atoms with Crippen molar-refractivity contribution >= 4 is 0 Å². The maximum absolute atomic E-state index is 12.4. The fourth-order valence-electron chi connectivity index (χ4n) is 2.31. The summed E-state index contributed by atoms with van der Waals surface area (Å²) in [5.41, 5.74) is -1.65. The van der Waals surface area contributed by atoms with Crippen LogP contribution in [0.25, 0.3) is 0 Å². The molecule has 2 atom stereocenters. The summed E-state index contributed by atoms with van der Waals surface area (Å²) < 4.78 is 74.4. The Labute approximate surface area is 87.6 Å². The molecule has 2 aliphatic rings. The molecule has 0 heterocycles. The van der Waals surface area contributed by atoms with Gasteiger partial charge in [-0.2, -0.15) is 26.3 Å². The van der Waals surface area contributed by atoms with Crippen LogP contribution in [-0.2, 0) is 0 Å². The van der Waals surface area contributed by atoms with Gasteiger partial charge >= 0.3 is 12.4 Å². The van der Waals surface area contributed by atoms with Crippen LogP contribution in [-0.4, -0.2) is 12.4 Å². The third-order valence-corrected chi connectivity index (χ3v) is 2.95. The average Bonchev–Trinajstić information content (AvgIpc) is 2.38. The molecule has 0 saturated heterocycles. The number of halogens is 6. The summed E-state index contributed by atoms with van der Waals surface area (Å²) in [5, 5.41) is 0. The van der Waals surface area contributed by atoms with E-state index in [2.05, 4.69) is 0 Å². The van der Waals surface area contributed by atoms with E-state index in [1.807, 2.05) is 0 Å². The van der Waals surface area contributed by atoms with Crippen molar-refractivity contribution in [3.05, 3.63) is 23.3 Å². The molecular formula is C10H8F6. The lowest BCUT2D eigenvalue weighted by atomic mass is 9.86. The summed E-state index contributed by atoms with van der Waals surface area (Å²) in [7, 11) is 0. The minimum absolute atomic E-state index is 0.147. The Morgan fingerprint density at radius 2 is 1.56 bits per heavy atom. The zero-order chi connectivity index (χ0) is 12.1. The molecule has 90 valence electrons. The van der Waals surface area contributed by atoms with Gasteiger partial charge < -0.3 is 0 Å². The van der Waals surface area contributed by atoms with Crippen LogP contribution in [0.2, 0.25) is 0 Å². The van der Waals surface area contributed by atoms with E-state index in [9.17, 15) is 26.3 Å². The van der Waals surface area contributed by atoms with Crippen molar-refractivity contribution in [1.82, 2.24) is 0 Å². The standard InChI is InChI=1S/C10H8F6/c11-9(12,13)7-2-5-1-6(4-7)8(3-5)10(14,15)16/h3-6H,1-2H2/t5-,6+/m1/s1. The first-order chi connectivity index (χ1) is 7.18. The lowest BCUT2D eigenvalue weighted by Crippen LogP contribution is -2.21. The highest BCUT2D eigenvalue weighted by Crippen LogP contribution is 2.49. The molecule has 0 aromatic carbocycles. The molecule has 0 saturated carbocycles. The van der Waals surface area contributed by atoms with E-state index in [1.54, 1.807) is 0 Å². The van der Waals surface area contributed by atoms with Gasteiger partial charge in [0, 0.05) is 17.1 Å². The van der Waals surface area contributed by atoms with Crippen molar-refractivity contribution in [2.45, 2.75) is 25.2 Å². The van der Waals surface area contributed by atoms with Gasteiger partial charge in [-0.1, -0.05) is 12.2 Å². The van der Waals surface area contributed by atoms with Crippen molar-refractivity contribution in [2.75, 3.05) is 0 Å². The van der Waals surface area contributed by atoms with E-state index in [0.29, 0.717) is 0 Å². The van der Waals surface area contributed by atoms with E-state index in [-0.39, 0.29) is 12.8 Å². The second-order valence-electron chi connectivity index (χ2n) is 4.12. The predicted octanol–water partition coefficient (Wildman–Crippen LogP) is 4.00. The first-order valence-corrected chi connectivity index (χ1v) is 4.74. The van der Waals surface area contributed by atoms with Crippen LogP contribution in [0.1, 0.15) is 12.8 Å². The normalized spacial score (nSPS) is 30.1. The Kier molecular flexibility index (Phi) is 2.36. The fraction of sp³-hybridized carbons (Fsp3) is 0.600. The van der Waals surface area contributed by atoms with Crippen LogP contribution in [0.3, 0.4) is 0 Å². The van der Waals surface area contributed by atoms with Crippen molar-refractivity contribution < 1.29 is 26.3 Å². The molecule has 0 N–H and O–H groups in total. The Balaban J connectivity index is 2.29. The quantitative estimate of drug-likeness (QED) is 0.445. The predicted molar refractivity (Wildman–Crippen MR) is 44.5 cm³/mol. The summed E-state index contributed by atoms with van der Waals surface area (Å²) in [6.45, 7) is 0. The van der Waals surface area contributed by atoms with E-state index >= 15 is 0 Å². The second kappa shape index (κ2) is 3.28. The van der Waals surface area contributed by atoms with Crippen molar-refractivity contribution in [1.29, 1.82) is 0 Å². The largest absolute Gasteiger partial charge is 0.412 e. The minimum atomic E-state index is -4.52. The number of hydrogen-bond acceptors (Lipinski definition) is 0. The zero-order valence-electron chi connectivity index (χ0n) is 7.99. The molecule has 0 nitrogen and oxygen atoms in total. The molecular weight excluding hydrogens is 234 g/mol. The Morgan fingerprint density at radius 3 is 2.06 bits per heavy atom. The zero-order valence-corrected chi connectivity index (χ0v) is 7.99. The van der Waals surface area contributed by atoms with E-state index < -0.39 is 35.3 Å². The summed E-state index contributed by atoms with van der Waals surface area (Å²) in [5.74, 6) is -1.74. The highest BCUT2D eigenvalue weighted by Gasteiger charge is 2.47. The van der Waals surface area contributed by atoms with Gasteiger partial charge in [-0.25, -0.2) is 0 Å². The van der Waals surface area contributed by atoms with Crippen LogP contribution in [0, 0.1) is 11.8 Å². The summed E-state index contributed by atoms with van der Waals surface area (Å²) in [6, 6.07) is 0. The Hall–Kier alpha value is -0.940. The number of alkyl halides is 6. The van der Waals surface area contributed by atoms with Crippen LogP contribution < -0.4 is 0 Å². The van der Waals surface area contributed by atoms with Gasteiger partial charge in [-0.05, 0) is 18.8 Å². The van der Waals surface area contributed by atoms with Gasteiger partial charge in [0.2, 0.25) is 0 Å². The molecule has 6 heteroatoms. The summed E-state index contributed by atoms with van der Waals surface area (Å²) >= 11 is 0. The van der Waals surface area contributed by atoms with Crippen molar-refractivity contribution in [2.24, 2.45) is 11.8 Å². The Morgan fingerprint density at radius 1 is 0.938 bits per heavy atom. The van der Waals surface area contributed by atoms with Crippen molar-refractivity contribution in [3.63, 3.8) is 0 Å². The molecule has 2 bridgehead atoms. The van der Waals surface area contributed by atoms with E-state index in [0.717, 1.165) is 12.2 Å². The molecule has 0 aromatic heterocycles. The summed E-state index contributed by atoms with van der Waals surface area (Å²) in [6.07, 6.45) is -7.54. The Bertz CT molecular complexity index is 356. The van der Waals surface area contributed by atoms with Gasteiger partial charge in [0.1, 0.15) is 0 Å². The molecule has 0 fully saturated rings. The maximum Gasteiger partial charge on any atom is 0.412 e. The number of allylic oxidation sites excluding steroid dienone is 4. The number of rotatable bonds is 0. The van der Waals surface area contributed by atoms with E-state index in [1.165, 1.54) is 0 Å². The smallest absolute Gasteiger partial charge is 0.166 e. The topological polar surface area (TPSA) is 0 Å². The molecule has 16 heavy (non-hydrogen) atoms. The third kappa shape index (κ3) is 1.97. The second-order valence-corrected chi connectivity index (χ2v) is 4.12. The van der Waals surface area contributed by atoms with Crippen LogP contribution >= 0.6 is 0 Å². The SMILES string of the molecule is FC(F)(F)C1=C[C@@H]2C[C@@H](C=C2C(F)(F)F)C1. The highest BCUT2D eigenvalue weighted by molar-refractivity contribution is 5.33. The minimum Gasteiger partial charge on any atom is -0.166 e. The first kappa shape index (κ1) is 11.5. The molecule has 0 spiro atoms. The molecule has 2 aliphatic carbocycles. The van der Waals surface area contributed by atoms with Gasteiger partial charge in [-0.15, -0.1) is 0 Å². The van der Waals surface area contributed by atoms with Gasteiger partial charge in [0.25, 0.3) is 0 Å². The third-order valence-electron chi connectivity index (χ3n) is 2.95. The van der Waals surface area contributed by atoms with Crippen LogP contribution in [0.4, 0.5) is 26.3 Å². The molecule has 0 amide bonds. The monoisotopic (exact) mass is 242 g/mol. The average molecular weight is 242 g/mol.